The lowest BCUT2D eigenvalue weighted by Crippen LogP contribution is -2.40. The molecule has 2 heterocycles. The number of aromatic nitrogens is 1. The van der Waals surface area contributed by atoms with Crippen LogP contribution >= 0.6 is 11.3 Å². The van der Waals surface area contributed by atoms with E-state index >= 15 is 0 Å². The summed E-state index contributed by atoms with van der Waals surface area (Å²) in [6.45, 7) is 0.430. The molecule has 114 valence electrons. The third-order valence-corrected chi connectivity index (χ3v) is 4.50. The largest absolute Gasteiger partial charge is 0.480 e. The van der Waals surface area contributed by atoms with Gasteiger partial charge in [0.2, 0.25) is 0 Å². The van der Waals surface area contributed by atoms with Gasteiger partial charge in [-0.2, -0.15) is 0 Å². The third kappa shape index (κ3) is 2.71. The molecule has 1 amide bonds. The van der Waals surface area contributed by atoms with Crippen molar-refractivity contribution < 1.29 is 19.1 Å². The highest BCUT2D eigenvalue weighted by Gasteiger charge is 2.35. The van der Waals surface area contributed by atoms with Gasteiger partial charge in [0.1, 0.15) is 22.6 Å². The number of amides is 1. The molecule has 22 heavy (non-hydrogen) atoms. The maximum Gasteiger partial charge on any atom is 0.326 e. The van der Waals surface area contributed by atoms with Gasteiger partial charge in [0.05, 0.1) is 0 Å². The summed E-state index contributed by atoms with van der Waals surface area (Å²) in [6, 6.07) is 5.08. The number of nitrogens with zero attached hydrogens (tertiary/aromatic N) is 2. The van der Waals surface area contributed by atoms with E-state index in [1.54, 1.807) is 17.5 Å². The number of halogens is 1. The molecule has 1 aromatic heterocycles. The fourth-order valence-electron chi connectivity index (χ4n) is 2.51. The predicted octanol–water partition coefficient (Wildman–Crippen LogP) is 2.64. The van der Waals surface area contributed by atoms with Gasteiger partial charge in [-0.25, -0.2) is 14.2 Å². The minimum atomic E-state index is -0.986. The predicted molar refractivity (Wildman–Crippen MR) is 79.2 cm³/mol. The summed E-state index contributed by atoms with van der Waals surface area (Å²) >= 11 is 1.28. The minimum absolute atomic E-state index is 0.234. The lowest BCUT2D eigenvalue weighted by Gasteiger charge is -2.20. The Morgan fingerprint density at radius 1 is 1.32 bits per heavy atom. The molecule has 1 aromatic carbocycles. The van der Waals surface area contributed by atoms with Crippen LogP contribution in [0.4, 0.5) is 4.39 Å². The highest BCUT2D eigenvalue weighted by Crippen LogP contribution is 2.26. The molecule has 1 aliphatic rings. The van der Waals surface area contributed by atoms with Gasteiger partial charge in [-0.05, 0) is 37.1 Å². The molecule has 1 aliphatic heterocycles. The number of rotatable bonds is 3. The van der Waals surface area contributed by atoms with Crippen molar-refractivity contribution in [1.29, 1.82) is 0 Å². The van der Waals surface area contributed by atoms with Crippen LogP contribution in [0.2, 0.25) is 0 Å². The molecule has 1 unspecified atom stereocenters. The van der Waals surface area contributed by atoms with E-state index in [4.69, 9.17) is 5.11 Å². The minimum Gasteiger partial charge on any atom is -0.480 e. The molecule has 0 aliphatic carbocycles. The molecule has 5 nitrogen and oxygen atoms in total. The Balaban J connectivity index is 1.82. The molecule has 0 saturated carbocycles. The van der Waals surface area contributed by atoms with Crippen molar-refractivity contribution in [3.05, 3.63) is 41.2 Å². The second-order valence-corrected chi connectivity index (χ2v) is 5.90. The van der Waals surface area contributed by atoms with Gasteiger partial charge in [-0.15, -0.1) is 11.3 Å². The molecule has 1 atom stereocenters. The fourth-order valence-corrected chi connectivity index (χ4v) is 3.31. The van der Waals surface area contributed by atoms with Gasteiger partial charge in [0.15, 0.2) is 0 Å². The summed E-state index contributed by atoms with van der Waals surface area (Å²) in [7, 11) is 0. The monoisotopic (exact) mass is 320 g/mol. The van der Waals surface area contributed by atoms with E-state index in [9.17, 15) is 14.0 Å². The number of thiazole rings is 1. The van der Waals surface area contributed by atoms with Gasteiger partial charge in [0, 0.05) is 17.5 Å². The quantitative estimate of drug-likeness (QED) is 0.944. The van der Waals surface area contributed by atoms with Crippen LogP contribution in [-0.4, -0.2) is 39.5 Å². The molecule has 1 N–H and O–H groups in total. The zero-order chi connectivity index (χ0) is 15.7. The number of benzene rings is 1. The van der Waals surface area contributed by atoms with E-state index in [-0.39, 0.29) is 17.4 Å². The number of aliphatic carboxylic acids is 1. The smallest absolute Gasteiger partial charge is 0.326 e. The second-order valence-electron chi connectivity index (χ2n) is 5.04. The molecule has 0 spiro atoms. The van der Waals surface area contributed by atoms with Crippen molar-refractivity contribution in [2.75, 3.05) is 6.54 Å². The topological polar surface area (TPSA) is 70.5 Å². The molecule has 1 fully saturated rings. The number of carbonyl (C=O) groups is 2. The van der Waals surface area contributed by atoms with E-state index in [2.05, 4.69) is 4.98 Å². The maximum atomic E-state index is 12.9. The average molecular weight is 320 g/mol. The highest BCUT2D eigenvalue weighted by atomic mass is 32.1. The first-order valence-electron chi connectivity index (χ1n) is 6.81. The van der Waals surface area contributed by atoms with Crippen molar-refractivity contribution in [2.24, 2.45) is 0 Å². The van der Waals surface area contributed by atoms with Crippen molar-refractivity contribution in [2.45, 2.75) is 18.9 Å². The zero-order valence-corrected chi connectivity index (χ0v) is 12.3. The Morgan fingerprint density at radius 2 is 2.05 bits per heavy atom. The Kier molecular flexibility index (Phi) is 3.89. The van der Waals surface area contributed by atoms with Gasteiger partial charge < -0.3 is 10.0 Å². The van der Waals surface area contributed by atoms with Gasteiger partial charge in [0.25, 0.3) is 5.91 Å². The molecule has 2 aromatic rings. The van der Waals surface area contributed by atoms with Crippen LogP contribution in [0.5, 0.6) is 0 Å². The first kappa shape index (κ1) is 14.6. The summed E-state index contributed by atoms with van der Waals surface area (Å²) in [5.74, 6) is -1.69. The number of likely N-dealkylation sites (tertiary alicyclic amines) is 1. The van der Waals surface area contributed by atoms with E-state index in [0.717, 1.165) is 5.56 Å². The normalized spacial score (nSPS) is 17.7. The van der Waals surface area contributed by atoms with Crippen molar-refractivity contribution in [3.63, 3.8) is 0 Å². The number of hydrogen-bond acceptors (Lipinski definition) is 4. The molecular formula is C15H13FN2O3S. The van der Waals surface area contributed by atoms with Crippen LogP contribution in [0.15, 0.2) is 29.6 Å². The molecule has 7 heteroatoms. The van der Waals surface area contributed by atoms with Crippen LogP contribution in [0.1, 0.15) is 23.3 Å². The summed E-state index contributed by atoms with van der Waals surface area (Å²) in [4.78, 5) is 29.2. The number of carboxylic acid groups (broad SMARTS) is 1. The van der Waals surface area contributed by atoms with Crippen LogP contribution in [0.3, 0.4) is 0 Å². The van der Waals surface area contributed by atoms with Crippen molar-refractivity contribution >= 4 is 23.2 Å². The maximum absolute atomic E-state index is 12.9. The molecule has 0 bridgehead atoms. The lowest BCUT2D eigenvalue weighted by molar-refractivity contribution is -0.141. The average Bonchev–Trinajstić information content (AvgIpc) is 3.17. The summed E-state index contributed by atoms with van der Waals surface area (Å²) in [6.07, 6.45) is 1.15. The van der Waals surface area contributed by atoms with Gasteiger partial charge >= 0.3 is 5.97 Å². The summed E-state index contributed by atoms with van der Waals surface area (Å²) in [5, 5.41) is 11.4. The Hall–Kier alpha value is -2.28. The van der Waals surface area contributed by atoms with Gasteiger partial charge in [-0.1, -0.05) is 0 Å². The lowest BCUT2D eigenvalue weighted by atomic mass is 10.2. The van der Waals surface area contributed by atoms with Crippen molar-refractivity contribution in [1.82, 2.24) is 9.88 Å². The standard InChI is InChI=1S/C15H13FN2O3S/c16-10-5-3-9(4-6-10)13-17-11(8-22-13)14(19)18-7-1-2-12(18)15(20)21/h3-6,8,12H,1-2,7H2,(H,20,21). The van der Waals surface area contributed by atoms with Gasteiger partial charge in [-0.3, -0.25) is 4.79 Å². The third-order valence-electron chi connectivity index (χ3n) is 3.61. The number of carbonyl (C=O) groups excluding carboxylic acids is 1. The molecule has 1 saturated heterocycles. The Morgan fingerprint density at radius 3 is 2.73 bits per heavy atom. The highest BCUT2D eigenvalue weighted by molar-refractivity contribution is 7.13. The van der Waals surface area contributed by atoms with Crippen molar-refractivity contribution in [3.8, 4) is 10.6 Å². The fraction of sp³-hybridized carbons (Fsp3) is 0.267. The van der Waals surface area contributed by atoms with Crippen LogP contribution < -0.4 is 0 Å². The molecular weight excluding hydrogens is 307 g/mol. The Bertz CT molecular complexity index is 714. The van der Waals surface area contributed by atoms with E-state index in [1.165, 1.54) is 28.4 Å². The first-order chi connectivity index (χ1) is 10.6. The second kappa shape index (κ2) is 5.84. The van der Waals surface area contributed by atoms with Crippen LogP contribution in [-0.2, 0) is 4.79 Å². The summed E-state index contributed by atoms with van der Waals surface area (Å²) in [5.41, 5.74) is 0.958. The van der Waals surface area contributed by atoms with Crippen LogP contribution in [0.25, 0.3) is 10.6 Å². The van der Waals surface area contributed by atoms with E-state index in [0.29, 0.717) is 24.4 Å². The molecule has 3 rings (SSSR count). The molecule has 0 radical (unpaired) electrons. The Labute approximate surface area is 130 Å². The zero-order valence-electron chi connectivity index (χ0n) is 11.5. The van der Waals surface area contributed by atoms with Crippen LogP contribution in [0, 0.1) is 5.82 Å². The van der Waals surface area contributed by atoms with E-state index in [1.807, 2.05) is 0 Å². The van der Waals surface area contributed by atoms with E-state index < -0.39 is 12.0 Å². The SMILES string of the molecule is O=C(O)C1CCCN1C(=O)c1csc(-c2ccc(F)cc2)n1. The number of hydrogen-bond donors (Lipinski definition) is 1. The number of carboxylic acids is 1. The summed E-state index contributed by atoms with van der Waals surface area (Å²) < 4.78 is 12.9. The first-order valence-corrected chi connectivity index (χ1v) is 7.69.